The molecular weight excluding hydrogens is 577 g/mol. The standard InChI is InChI=1S/C26H22BrF3N8O/c1-3-37-12-18(26(28,29)30)34-23(37)16-6-4-14(5-7-16)11-38-24-17(21(27)36-38)10-31-22(35-24)19-20(15-8-9-15)32-13-33-25(19)39-2/h4-7,10,12-13,15H,3,8-9,11H2,1-2H3. The highest BCUT2D eigenvalue weighted by Crippen LogP contribution is 2.45. The molecule has 0 N–H and O–H groups in total. The van der Waals surface area contributed by atoms with Gasteiger partial charge in [0.25, 0.3) is 0 Å². The van der Waals surface area contributed by atoms with E-state index < -0.39 is 11.9 Å². The summed E-state index contributed by atoms with van der Waals surface area (Å²) in [6.45, 7) is 2.53. The quantitative estimate of drug-likeness (QED) is 0.231. The van der Waals surface area contributed by atoms with Crippen molar-refractivity contribution in [3.63, 3.8) is 0 Å². The maximum atomic E-state index is 13.2. The fourth-order valence-corrected chi connectivity index (χ4v) is 4.99. The van der Waals surface area contributed by atoms with E-state index in [0.717, 1.165) is 35.7 Å². The number of aromatic nitrogens is 8. The number of imidazole rings is 1. The molecule has 39 heavy (non-hydrogen) atoms. The molecule has 0 atom stereocenters. The van der Waals surface area contributed by atoms with E-state index in [0.29, 0.717) is 52.1 Å². The minimum Gasteiger partial charge on any atom is -0.480 e. The Morgan fingerprint density at radius 3 is 2.51 bits per heavy atom. The molecule has 1 aromatic carbocycles. The van der Waals surface area contributed by atoms with Crippen molar-refractivity contribution in [3.05, 3.63) is 64.5 Å². The number of hydrogen-bond donors (Lipinski definition) is 0. The van der Waals surface area contributed by atoms with Crippen LogP contribution in [0, 0.1) is 0 Å². The SMILES string of the molecule is CCn1cc(C(F)(F)F)nc1-c1ccc(Cn2nc(Br)c3cnc(-c4c(OC)ncnc4C4CC4)nc32)cc1. The topological polar surface area (TPSA) is 96.4 Å². The van der Waals surface area contributed by atoms with Crippen LogP contribution in [0.5, 0.6) is 5.88 Å². The van der Waals surface area contributed by atoms with Gasteiger partial charge in [0.2, 0.25) is 5.88 Å². The van der Waals surface area contributed by atoms with Gasteiger partial charge in [-0.15, -0.1) is 0 Å². The van der Waals surface area contributed by atoms with Crippen molar-refractivity contribution in [1.82, 2.24) is 39.3 Å². The number of methoxy groups -OCH3 is 1. The van der Waals surface area contributed by atoms with Gasteiger partial charge >= 0.3 is 6.18 Å². The van der Waals surface area contributed by atoms with Gasteiger partial charge in [-0.1, -0.05) is 24.3 Å². The van der Waals surface area contributed by atoms with Crippen molar-refractivity contribution < 1.29 is 17.9 Å². The summed E-state index contributed by atoms with van der Waals surface area (Å²) in [6, 6.07) is 7.22. The molecule has 4 heterocycles. The summed E-state index contributed by atoms with van der Waals surface area (Å²) in [4.78, 5) is 22.0. The molecular formula is C26H22BrF3N8O. The van der Waals surface area contributed by atoms with Crippen molar-refractivity contribution in [2.75, 3.05) is 7.11 Å². The minimum absolute atomic E-state index is 0.270. The number of ether oxygens (including phenoxy) is 1. The van der Waals surface area contributed by atoms with E-state index in [2.05, 4.69) is 41.0 Å². The van der Waals surface area contributed by atoms with Crippen LogP contribution in [-0.4, -0.2) is 46.4 Å². The zero-order valence-electron chi connectivity index (χ0n) is 20.9. The summed E-state index contributed by atoms with van der Waals surface area (Å²) in [5, 5.41) is 5.34. The maximum absolute atomic E-state index is 13.2. The molecule has 9 nitrogen and oxygen atoms in total. The van der Waals surface area contributed by atoms with E-state index in [9.17, 15) is 13.2 Å². The number of aryl methyl sites for hydroxylation is 1. The third-order valence-corrected chi connectivity index (χ3v) is 7.20. The molecule has 200 valence electrons. The Labute approximate surface area is 229 Å². The molecule has 1 aliphatic carbocycles. The summed E-state index contributed by atoms with van der Waals surface area (Å²) in [7, 11) is 1.56. The van der Waals surface area contributed by atoms with Gasteiger partial charge in [0.1, 0.15) is 22.3 Å². The lowest BCUT2D eigenvalue weighted by molar-refractivity contribution is -0.140. The molecule has 0 aliphatic heterocycles. The van der Waals surface area contributed by atoms with Crippen LogP contribution in [0.3, 0.4) is 0 Å². The largest absolute Gasteiger partial charge is 0.480 e. The Morgan fingerprint density at radius 1 is 1.08 bits per heavy atom. The summed E-state index contributed by atoms with van der Waals surface area (Å²) in [5.41, 5.74) is 2.75. The van der Waals surface area contributed by atoms with Crippen molar-refractivity contribution in [2.24, 2.45) is 0 Å². The second kappa shape index (κ2) is 9.70. The summed E-state index contributed by atoms with van der Waals surface area (Å²) in [6.07, 6.45) is 1.83. The normalized spacial score (nSPS) is 13.8. The predicted molar refractivity (Wildman–Crippen MR) is 140 cm³/mol. The lowest BCUT2D eigenvalue weighted by Gasteiger charge is -2.11. The van der Waals surface area contributed by atoms with Crippen LogP contribution in [0.1, 0.15) is 42.6 Å². The zero-order valence-corrected chi connectivity index (χ0v) is 22.5. The zero-order chi connectivity index (χ0) is 27.3. The highest BCUT2D eigenvalue weighted by molar-refractivity contribution is 9.10. The minimum atomic E-state index is -4.50. The van der Waals surface area contributed by atoms with Gasteiger partial charge in [-0.3, -0.25) is 0 Å². The van der Waals surface area contributed by atoms with E-state index in [1.807, 2.05) is 12.1 Å². The van der Waals surface area contributed by atoms with E-state index in [-0.39, 0.29) is 5.82 Å². The molecule has 0 unspecified atom stereocenters. The molecule has 1 aliphatic rings. The fraction of sp³-hybridized carbons (Fsp3) is 0.308. The van der Waals surface area contributed by atoms with Crippen LogP contribution in [0.4, 0.5) is 13.2 Å². The first-order valence-electron chi connectivity index (χ1n) is 12.3. The Morgan fingerprint density at radius 2 is 1.85 bits per heavy atom. The van der Waals surface area contributed by atoms with Gasteiger partial charge in [-0.25, -0.2) is 29.6 Å². The second-order valence-corrected chi connectivity index (χ2v) is 9.98. The van der Waals surface area contributed by atoms with Gasteiger partial charge < -0.3 is 9.30 Å². The van der Waals surface area contributed by atoms with Gasteiger partial charge in [-0.05, 0) is 41.3 Å². The van der Waals surface area contributed by atoms with Crippen molar-refractivity contribution in [2.45, 2.75) is 44.9 Å². The third-order valence-electron chi connectivity index (χ3n) is 6.62. The number of benzene rings is 1. The van der Waals surface area contributed by atoms with Crippen LogP contribution < -0.4 is 4.74 Å². The molecule has 0 radical (unpaired) electrons. The van der Waals surface area contributed by atoms with E-state index in [1.165, 1.54) is 10.9 Å². The first kappa shape index (κ1) is 25.4. The fourth-order valence-electron chi connectivity index (χ4n) is 4.52. The highest BCUT2D eigenvalue weighted by atomic mass is 79.9. The summed E-state index contributed by atoms with van der Waals surface area (Å²) in [5.74, 6) is 1.48. The summed E-state index contributed by atoms with van der Waals surface area (Å²) < 4.78 is 49.0. The molecule has 6 rings (SSSR count). The Kier molecular flexibility index (Phi) is 6.32. The molecule has 5 aromatic rings. The molecule has 1 saturated carbocycles. The number of hydrogen-bond acceptors (Lipinski definition) is 7. The van der Waals surface area contributed by atoms with Crippen molar-refractivity contribution in [3.8, 4) is 28.7 Å². The van der Waals surface area contributed by atoms with Gasteiger partial charge in [-0.2, -0.15) is 18.3 Å². The summed E-state index contributed by atoms with van der Waals surface area (Å²) >= 11 is 3.50. The molecule has 0 amide bonds. The molecule has 0 spiro atoms. The van der Waals surface area contributed by atoms with Crippen molar-refractivity contribution in [1.29, 1.82) is 0 Å². The van der Waals surface area contributed by atoms with Crippen LogP contribution in [0.25, 0.3) is 33.8 Å². The van der Waals surface area contributed by atoms with E-state index in [1.54, 1.807) is 37.0 Å². The maximum Gasteiger partial charge on any atom is 0.434 e. The molecule has 0 bridgehead atoms. The Bertz CT molecular complexity index is 1680. The number of rotatable bonds is 7. The second-order valence-electron chi connectivity index (χ2n) is 9.23. The Balaban J connectivity index is 1.34. The molecule has 4 aromatic heterocycles. The van der Waals surface area contributed by atoms with Crippen LogP contribution >= 0.6 is 15.9 Å². The first-order valence-corrected chi connectivity index (χ1v) is 13.1. The van der Waals surface area contributed by atoms with Crippen molar-refractivity contribution >= 4 is 27.0 Å². The third kappa shape index (κ3) is 4.75. The number of alkyl halides is 3. The lowest BCUT2D eigenvalue weighted by Crippen LogP contribution is -2.05. The molecule has 0 saturated heterocycles. The van der Waals surface area contributed by atoms with Crippen LogP contribution in [-0.2, 0) is 19.3 Å². The average molecular weight is 599 g/mol. The van der Waals surface area contributed by atoms with Crippen LogP contribution in [0.2, 0.25) is 0 Å². The smallest absolute Gasteiger partial charge is 0.434 e. The number of fused-ring (bicyclic) bond motifs is 1. The van der Waals surface area contributed by atoms with Gasteiger partial charge in [0, 0.05) is 30.4 Å². The van der Waals surface area contributed by atoms with Crippen LogP contribution in [0.15, 0.2) is 47.6 Å². The lowest BCUT2D eigenvalue weighted by atomic mass is 10.1. The van der Waals surface area contributed by atoms with E-state index >= 15 is 0 Å². The highest BCUT2D eigenvalue weighted by Gasteiger charge is 2.35. The average Bonchev–Trinajstić information content (AvgIpc) is 3.61. The number of nitrogens with zero attached hydrogens (tertiary/aromatic N) is 8. The molecule has 13 heteroatoms. The van der Waals surface area contributed by atoms with E-state index in [4.69, 9.17) is 9.72 Å². The monoisotopic (exact) mass is 598 g/mol. The Hall–Kier alpha value is -3.87. The first-order chi connectivity index (χ1) is 18.8. The predicted octanol–water partition coefficient (Wildman–Crippen LogP) is 5.88. The molecule has 1 fully saturated rings. The van der Waals surface area contributed by atoms with Gasteiger partial charge in [0.05, 0.1) is 24.7 Å². The number of halogens is 4. The van der Waals surface area contributed by atoms with Gasteiger partial charge in [0.15, 0.2) is 17.2 Å².